The van der Waals surface area contributed by atoms with Gasteiger partial charge < -0.3 is 10.4 Å². The number of nitrogens with one attached hydrogen (secondary N) is 2. The Morgan fingerprint density at radius 1 is 1.09 bits per heavy atom. The highest BCUT2D eigenvalue weighted by Crippen LogP contribution is 2.26. The lowest BCUT2D eigenvalue weighted by Crippen LogP contribution is -1.95. The van der Waals surface area contributed by atoms with Gasteiger partial charge in [-0.3, -0.25) is 5.10 Å². The molecule has 22 heavy (non-hydrogen) atoms. The van der Waals surface area contributed by atoms with E-state index in [0.717, 1.165) is 34.7 Å². The lowest BCUT2D eigenvalue weighted by Gasteiger charge is -2.08. The number of hydrogen-bond acceptors (Lipinski definition) is 3. The van der Waals surface area contributed by atoms with Gasteiger partial charge in [0.15, 0.2) is 5.82 Å². The molecule has 4 heteroatoms. The maximum Gasteiger partial charge on any atom is 0.152 e. The predicted molar refractivity (Wildman–Crippen MR) is 89.5 cm³/mol. The minimum Gasteiger partial charge on any atom is -0.508 e. The summed E-state index contributed by atoms with van der Waals surface area (Å²) in [5.74, 6) is 1.04. The van der Waals surface area contributed by atoms with Gasteiger partial charge in [-0.15, -0.1) is 0 Å². The van der Waals surface area contributed by atoms with Crippen LogP contribution < -0.4 is 5.32 Å². The van der Waals surface area contributed by atoms with Gasteiger partial charge in [-0.1, -0.05) is 36.8 Å². The van der Waals surface area contributed by atoms with Gasteiger partial charge in [0.1, 0.15) is 5.75 Å². The Balaban J connectivity index is 1.84. The maximum absolute atomic E-state index is 9.56. The number of aromatic amines is 1. The molecular weight excluding hydrogens is 274 g/mol. The first-order valence-corrected chi connectivity index (χ1v) is 7.37. The quantitative estimate of drug-likeness (QED) is 0.625. The Kier molecular flexibility index (Phi) is 3.83. The number of phenols is 1. The fourth-order valence-corrected chi connectivity index (χ4v) is 2.40. The number of aromatic nitrogens is 2. The number of benzene rings is 2. The minimum absolute atomic E-state index is 0.282. The van der Waals surface area contributed by atoms with Crippen molar-refractivity contribution < 1.29 is 5.11 Å². The number of nitrogens with zero attached hydrogens (tertiary/aromatic N) is 1. The summed E-state index contributed by atoms with van der Waals surface area (Å²) in [6.45, 7) is 4.13. The van der Waals surface area contributed by atoms with Crippen LogP contribution in [0.4, 0.5) is 11.5 Å². The molecule has 0 unspecified atom stereocenters. The third-order valence-electron chi connectivity index (χ3n) is 3.67. The summed E-state index contributed by atoms with van der Waals surface area (Å²) >= 11 is 0. The second-order valence-corrected chi connectivity index (χ2v) is 5.35. The summed E-state index contributed by atoms with van der Waals surface area (Å²) in [5, 5.41) is 20.2. The van der Waals surface area contributed by atoms with Crippen molar-refractivity contribution in [2.75, 3.05) is 5.32 Å². The molecule has 0 aliphatic heterocycles. The fourth-order valence-electron chi connectivity index (χ4n) is 2.40. The van der Waals surface area contributed by atoms with Crippen molar-refractivity contribution in [3.05, 3.63) is 59.7 Å². The normalized spacial score (nSPS) is 10.6. The number of H-pyrrole nitrogens is 1. The highest BCUT2D eigenvalue weighted by Gasteiger charge is 2.07. The number of rotatable bonds is 4. The van der Waals surface area contributed by atoms with Gasteiger partial charge in [0.25, 0.3) is 0 Å². The zero-order chi connectivity index (χ0) is 15.5. The van der Waals surface area contributed by atoms with E-state index in [1.807, 2.05) is 12.1 Å². The van der Waals surface area contributed by atoms with Crippen LogP contribution in [-0.2, 0) is 6.42 Å². The van der Waals surface area contributed by atoms with Gasteiger partial charge in [0.05, 0.1) is 5.69 Å². The molecule has 4 nitrogen and oxygen atoms in total. The van der Waals surface area contributed by atoms with Crippen molar-refractivity contribution >= 4 is 11.5 Å². The fraction of sp³-hybridized carbons (Fsp3) is 0.167. The molecule has 3 rings (SSSR count). The molecule has 1 aromatic heterocycles. The number of aryl methyl sites for hydroxylation is 2. The molecule has 0 aliphatic rings. The number of anilines is 2. The Morgan fingerprint density at radius 3 is 2.59 bits per heavy atom. The Labute approximate surface area is 129 Å². The first-order chi connectivity index (χ1) is 10.7. The zero-order valence-electron chi connectivity index (χ0n) is 12.7. The number of hydrogen-bond donors (Lipinski definition) is 3. The molecule has 112 valence electrons. The second kappa shape index (κ2) is 5.93. The van der Waals surface area contributed by atoms with E-state index in [0.29, 0.717) is 0 Å². The van der Waals surface area contributed by atoms with Gasteiger partial charge in [-0.05, 0) is 42.7 Å². The van der Waals surface area contributed by atoms with E-state index < -0.39 is 0 Å². The highest BCUT2D eigenvalue weighted by atomic mass is 16.3. The summed E-state index contributed by atoms with van der Waals surface area (Å²) in [4.78, 5) is 0. The first-order valence-electron chi connectivity index (χ1n) is 7.37. The molecule has 0 atom stereocenters. The predicted octanol–water partition coefficient (Wildman–Crippen LogP) is 4.40. The summed E-state index contributed by atoms with van der Waals surface area (Å²) in [6, 6.07) is 15.6. The van der Waals surface area contributed by atoms with E-state index in [2.05, 4.69) is 53.6 Å². The summed E-state index contributed by atoms with van der Waals surface area (Å²) < 4.78 is 0. The van der Waals surface area contributed by atoms with Gasteiger partial charge in [0.2, 0.25) is 0 Å². The van der Waals surface area contributed by atoms with E-state index in [1.54, 1.807) is 12.1 Å². The van der Waals surface area contributed by atoms with Crippen molar-refractivity contribution in [2.24, 2.45) is 0 Å². The van der Waals surface area contributed by atoms with Gasteiger partial charge in [0, 0.05) is 11.8 Å². The number of aromatic hydroxyl groups is 1. The molecule has 0 radical (unpaired) electrons. The highest BCUT2D eigenvalue weighted by molar-refractivity contribution is 5.68. The largest absolute Gasteiger partial charge is 0.508 e. The topological polar surface area (TPSA) is 60.9 Å². The van der Waals surface area contributed by atoms with Crippen molar-refractivity contribution in [3.8, 4) is 17.0 Å². The Bertz CT molecular complexity index is 775. The SMILES string of the molecule is CCc1cc(O)ccc1Nc1cc(-c2ccc(C)cc2)[nH]n1. The van der Waals surface area contributed by atoms with Crippen LogP contribution in [0.2, 0.25) is 0 Å². The van der Waals surface area contributed by atoms with Crippen molar-refractivity contribution in [1.29, 1.82) is 0 Å². The Hall–Kier alpha value is -2.75. The third kappa shape index (κ3) is 2.96. The van der Waals surface area contributed by atoms with Crippen molar-refractivity contribution in [2.45, 2.75) is 20.3 Å². The molecule has 2 aromatic carbocycles. The third-order valence-corrected chi connectivity index (χ3v) is 3.67. The van der Waals surface area contributed by atoms with Crippen LogP contribution in [0, 0.1) is 6.92 Å². The molecule has 1 heterocycles. The summed E-state index contributed by atoms with van der Waals surface area (Å²) in [5.41, 5.74) is 5.33. The van der Waals surface area contributed by atoms with Crippen LogP contribution in [-0.4, -0.2) is 15.3 Å². The van der Waals surface area contributed by atoms with Crippen molar-refractivity contribution in [3.63, 3.8) is 0 Å². The molecule has 0 spiro atoms. The molecule has 0 amide bonds. The zero-order valence-corrected chi connectivity index (χ0v) is 12.7. The van der Waals surface area contributed by atoms with E-state index >= 15 is 0 Å². The molecule has 0 saturated heterocycles. The average Bonchev–Trinajstić information content (AvgIpc) is 2.98. The van der Waals surface area contributed by atoms with Crippen LogP contribution in [0.3, 0.4) is 0 Å². The summed E-state index contributed by atoms with van der Waals surface area (Å²) in [6.07, 6.45) is 0.839. The first kappa shape index (κ1) is 14.2. The molecule has 0 bridgehead atoms. The van der Waals surface area contributed by atoms with Crippen LogP contribution in [0.1, 0.15) is 18.1 Å². The molecule has 3 N–H and O–H groups in total. The lowest BCUT2D eigenvalue weighted by atomic mass is 10.1. The van der Waals surface area contributed by atoms with Gasteiger partial charge >= 0.3 is 0 Å². The lowest BCUT2D eigenvalue weighted by molar-refractivity contribution is 0.474. The van der Waals surface area contributed by atoms with E-state index in [9.17, 15) is 5.11 Å². The van der Waals surface area contributed by atoms with Crippen LogP contribution in [0.5, 0.6) is 5.75 Å². The molecule has 0 fully saturated rings. The van der Waals surface area contributed by atoms with E-state index in [4.69, 9.17) is 0 Å². The van der Waals surface area contributed by atoms with E-state index in [-0.39, 0.29) is 5.75 Å². The summed E-state index contributed by atoms with van der Waals surface area (Å²) in [7, 11) is 0. The van der Waals surface area contributed by atoms with Gasteiger partial charge in [-0.2, -0.15) is 5.10 Å². The smallest absolute Gasteiger partial charge is 0.152 e. The van der Waals surface area contributed by atoms with Crippen LogP contribution in [0.25, 0.3) is 11.3 Å². The minimum atomic E-state index is 0.282. The molecule has 0 aliphatic carbocycles. The standard InChI is InChI=1S/C18H19N3O/c1-3-13-10-15(22)8-9-16(13)19-18-11-17(20-21-18)14-6-4-12(2)5-7-14/h4-11,22H,3H2,1-2H3,(H2,19,20,21). The maximum atomic E-state index is 9.56. The van der Waals surface area contributed by atoms with Gasteiger partial charge in [-0.25, -0.2) is 0 Å². The number of phenolic OH excluding ortho intramolecular Hbond substituents is 1. The molecule has 3 aromatic rings. The van der Waals surface area contributed by atoms with Crippen molar-refractivity contribution in [1.82, 2.24) is 10.2 Å². The Morgan fingerprint density at radius 2 is 1.86 bits per heavy atom. The molecule has 0 saturated carbocycles. The monoisotopic (exact) mass is 293 g/mol. The average molecular weight is 293 g/mol. The van der Waals surface area contributed by atoms with Crippen LogP contribution in [0.15, 0.2) is 48.5 Å². The molecular formula is C18H19N3O. The van der Waals surface area contributed by atoms with Crippen LogP contribution >= 0.6 is 0 Å². The second-order valence-electron chi connectivity index (χ2n) is 5.35. The van der Waals surface area contributed by atoms with E-state index in [1.165, 1.54) is 5.56 Å².